The third-order valence-electron chi connectivity index (χ3n) is 3.78. The summed E-state index contributed by atoms with van der Waals surface area (Å²) in [6.07, 6.45) is 2.21. The first kappa shape index (κ1) is 15.9. The van der Waals surface area contributed by atoms with E-state index >= 15 is 0 Å². The monoisotopic (exact) mass is 325 g/mol. The summed E-state index contributed by atoms with van der Waals surface area (Å²) >= 11 is 0. The van der Waals surface area contributed by atoms with E-state index in [1.54, 1.807) is 18.3 Å². The van der Waals surface area contributed by atoms with E-state index < -0.39 is 5.97 Å². The van der Waals surface area contributed by atoms with Crippen LogP contribution in [0.5, 0.6) is 0 Å². The van der Waals surface area contributed by atoms with Gasteiger partial charge in [0.25, 0.3) is 0 Å². The summed E-state index contributed by atoms with van der Waals surface area (Å²) in [6.45, 7) is -0.288. The molecule has 122 valence electrons. The van der Waals surface area contributed by atoms with E-state index in [9.17, 15) is 14.0 Å². The van der Waals surface area contributed by atoms with Crippen molar-refractivity contribution in [1.29, 1.82) is 0 Å². The molecule has 3 aromatic rings. The maximum absolute atomic E-state index is 12.8. The van der Waals surface area contributed by atoms with E-state index in [0.717, 1.165) is 16.5 Å². The minimum absolute atomic E-state index is 0.146. The van der Waals surface area contributed by atoms with Gasteiger partial charge < -0.3 is 9.72 Å². The molecule has 0 saturated heterocycles. The average molecular weight is 325 g/mol. The van der Waals surface area contributed by atoms with E-state index in [-0.39, 0.29) is 24.6 Å². The zero-order valence-corrected chi connectivity index (χ0v) is 12.9. The van der Waals surface area contributed by atoms with Crippen LogP contribution in [0.15, 0.2) is 54.7 Å². The molecule has 1 N–H and O–H groups in total. The fraction of sp³-hybridized carbons (Fsp3) is 0.158. The summed E-state index contributed by atoms with van der Waals surface area (Å²) in [4.78, 5) is 27.0. The second kappa shape index (κ2) is 7.08. The lowest BCUT2D eigenvalue weighted by molar-refractivity contribution is -0.142. The van der Waals surface area contributed by atoms with Gasteiger partial charge in [-0.15, -0.1) is 0 Å². The average Bonchev–Trinajstić information content (AvgIpc) is 3.03. The van der Waals surface area contributed by atoms with Crippen molar-refractivity contribution in [1.82, 2.24) is 4.98 Å². The number of hydrogen-bond donors (Lipinski definition) is 1. The van der Waals surface area contributed by atoms with E-state index in [4.69, 9.17) is 4.74 Å². The highest BCUT2D eigenvalue weighted by atomic mass is 19.1. The van der Waals surface area contributed by atoms with Crippen LogP contribution in [0.25, 0.3) is 10.9 Å². The number of rotatable bonds is 6. The van der Waals surface area contributed by atoms with Crippen LogP contribution >= 0.6 is 0 Å². The lowest BCUT2D eigenvalue weighted by atomic mass is 10.1. The molecule has 0 aliphatic heterocycles. The lowest BCUT2D eigenvalue weighted by Crippen LogP contribution is -2.14. The van der Waals surface area contributed by atoms with Crippen LogP contribution < -0.4 is 0 Å². The van der Waals surface area contributed by atoms with Gasteiger partial charge in [0.05, 0.1) is 0 Å². The summed E-state index contributed by atoms with van der Waals surface area (Å²) in [5, 5.41) is 0.810. The predicted molar refractivity (Wildman–Crippen MR) is 88.3 cm³/mol. The molecular formula is C19H16FNO3. The number of carbonyl (C=O) groups excluding carboxylic acids is 2. The number of H-pyrrole nitrogens is 1. The van der Waals surface area contributed by atoms with E-state index in [0.29, 0.717) is 12.0 Å². The number of fused-ring (bicyclic) bond motifs is 1. The number of Topliss-reactive ketones (excluding diaryl/α,β-unsaturated/α-hetero) is 1. The SMILES string of the molecule is O=C(CCc1ccc(F)cc1)OCC(=O)c1c[nH]c2ccccc12. The van der Waals surface area contributed by atoms with Crippen molar-refractivity contribution < 1.29 is 18.7 Å². The van der Waals surface area contributed by atoms with Crippen LogP contribution in [0.2, 0.25) is 0 Å². The second-order valence-corrected chi connectivity index (χ2v) is 5.46. The second-order valence-electron chi connectivity index (χ2n) is 5.46. The molecule has 0 fully saturated rings. The van der Waals surface area contributed by atoms with Crippen molar-refractivity contribution in [2.45, 2.75) is 12.8 Å². The van der Waals surface area contributed by atoms with Gasteiger partial charge in [-0.2, -0.15) is 0 Å². The Morgan fingerprint density at radius 1 is 1.04 bits per heavy atom. The summed E-state index contributed by atoms with van der Waals surface area (Å²) in [5.41, 5.74) is 2.22. The highest BCUT2D eigenvalue weighted by molar-refractivity contribution is 6.08. The van der Waals surface area contributed by atoms with Gasteiger partial charge in [-0.1, -0.05) is 30.3 Å². The third kappa shape index (κ3) is 3.68. The van der Waals surface area contributed by atoms with Crippen LogP contribution in [-0.2, 0) is 16.0 Å². The number of para-hydroxylation sites is 1. The molecule has 0 bridgehead atoms. The number of esters is 1. The Morgan fingerprint density at radius 3 is 2.58 bits per heavy atom. The molecule has 0 amide bonds. The summed E-state index contributed by atoms with van der Waals surface area (Å²) in [6, 6.07) is 13.4. The summed E-state index contributed by atoms with van der Waals surface area (Å²) in [7, 11) is 0. The molecular weight excluding hydrogens is 309 g/mol. The largest absolute Gasteiger partial charge is 0.457 e. The first-order valence-corrected chi connectivity index (χ1v) is 7.63. The molecule has 1 aromatic heterocycles. The molecule has 0 saturated carbocycles. The standard InChI is InChI=1S/C19H16FNO3/c20-14-8-5-13(6-9-14)7-10-19(23)24-12-18(22)16-11-21-17-4-2-1-3-15(16)17/h1-6,8-9,11,21H,7,10,12H2. The van der Waals surface area contributed by atoms with Crippen molar-refractivity contribution in [2.24, 2.45) is 0 Å². The highest BCUT2D eigenvalue weighted by Crippen LogP contribution is 2.18. The number of hydrogen-bond acceptors (Lipinski definition) is 3. The molecule has 0 spiro atoms. The summed E-state index contributed by atoms with van der Waals surface area (Å²) < 4.78 is 17.9. The Hall–Kier alpha value is -2.95. The Kier molecular flexibility index (Phi) is 4.70. The van der Waals surface area contributed by atoms with Gasteiger partial charge in [-0.25, -0.2) is 4.39 Å². The van der Waals surface area contributed by atoms with Gasteiger partial charge in [-0.05, 0) is 30.2 Å². The minimum atomic E-state index is -0.451. The Bertz CT molecular complexity index is 868. The van der Waals surface area contributed by atoms with Crippen molar-refractivity contribution in [3.63, 3.8) is 0 Å². The fourth-order valence-corrected chi connectivity index (χ4v) is 2.50. The summed E-state index contributed by atoms with van der Waals surface area (Å²) in [5.74, 6) is -1.01. The number of carbonyl (C=O) groups is 2. The maximum atomic E-state index is 12.8. The molecule has 24 heavy (non-hydrogen) atoms. The van der Waals surface area contributed by atoms with Crippen LogP contribution in [0.4, 0.5) is 4.39 Å². The van der Waals surface area contributed by atoms with Gasteiger partial charge >= 0.3 is 5.97 Å². The van der Waals surface area contributed by atoms with Crippen LogP contribution in [-0.4, -0.2) is 23.3 Å². The van der Waals surface area contributed by atoms with Gasteiger partial charge in [0.15, 0.2) is 6.61 Å². The number of aryl methyl sites for hydroxylation is 1. The van der Waals surface area contributed by atoms with Gasteiger partial charge in [0, 0.05) is 29.1 Å². The van der Waals surface area contributed by atoms with Crippen molar-refractivity contribution >= 4 is 22.7 Å². The quantitative estimate of drug-likeness (QED) is 0.556. The minimum Gasteiger partial charge on any atom is -0.457 e. The topological polar surface area (TPSA) is 59.2 Å². The Balaban J connectivity index is 1.52. The molecule has 0 unspecified atom stereocenters. The van der Waals surface area contributed by atoms with Crippen molar-refractivity contribution in [3.8, 4) is 0 Å². The third-order valence-corrected chi connectivity index (χ3v) is 3.78. The number of benzene rings is 2. The number of aromatic amines is 1. The zero-order valence-electron chi connectivity index (χ0n) is 12.9. The smallest absolute Gasteiger partial charge is 0.306 e. The molecule has 1 heterocycles. The molecule has 0 aliphatic rings. The fourth-order valence-electron chi connectivity index (χ4n) is 2.50. The van der Waals surface area contributed by atoms with E-state index in [1.165, 1.54) is 12.1 Å². The lowest BCUT2D eigenvalue weighted by Gasteiger charge is -2.04. The van der Waals surface area contributed by atoms with Gasteiger partial charge in [-0.3, -0.25) is 9.59 Å². The molecule has 0 aliphatic carbocycles. The molecule has 5 heteroatoms. The highest BCUT2D eigenvalue weighted by Gasteiger charge is 2.14. The van der Waals surface area contributed by atoms with E-state index in [2.05, 4.69) is 4.98 Å². The molecule has 2 aromatic carbocycles. The number of ether oxygens (including phenoxy) is 1. The normalized spacial score (nSPS) is 10.7. The Labute approximate surface area is 138 Å². The molecule has 4 nitrogen and oxygen atoms in total. The molecule has 3 rings (SSSR count). The van der Waals surface area contributed by atoms with Gasteiger partial charge in [0.2, 0.25) is 5.78 Å². The first-order valence-electron chi connectivity index (χ1n) is 7.63. The number of aromatic nitrogens is 1. The van der Waals surface area contributed by atoms with Crippen LogP contribution in [0, 0.1) is 5.82 Å². The maximum Gasteiger partial charge on any atom is 0.306 e. The molecule has 0 radical (unpaired) electrons. The van der Waals surface area contributed by atoms with Crippen molar-refractivity contribution in [3.05, 3.63) is 71.7 Å². The van der Waals surface area contributed by atoms with Crippen molar-refractivity contribution in [2.75, 3.05) is 6.61 Å². The van der Waals surface area contributed by atoms with Crippen LogP contribution in [0.1, 0.15) is 22.3 Å². The number of nitrogens with one attached hydrogen (secondary N) is 1. The number of ketones is 1. The van der Waals surface area contributed by atoms with Gasteiger partial charge in [0.1, 0.15) is 5.82 Å². The zero-order chi connectivity index (χ0) is 16.9. The molecule has 0 atom stereocenters. The Morgan fingerprint density at radius 2 is 1.79 bits per heavy atom. The first-order chi connectivity index (χ1) is 11.6. The van der Waals surface area contributed by atoms with E-state index in [1.807, 2.05) is 24.3 Å². The number of halogens is 1. The predicted octanol–water partition coefficient (Wildman–Crippen LogP) is 3.67. The van der Waals surface area contributed by atoms with Crippen LogP contribution in [0.3, 0.4) is 0 Å².